The quantitative estimate of drug-likeness (QED) is 0.0944. The lowest BCUT2D eigenvalue weighted by molar-refractivity contribution is -0.346. The number of rotatable bonds is 11. The number of fused-ring (bicyclic) bond motifs is 5. The summed E-state index contributed by atoms with van der Waals surface area (Å²) in [5.41, 5.74) is -7.32. The van der Waals surface area contributed by atoms with E-state index in [1.54, 1.807) is 62.4 Å². The zero-order valence-corrected chi connectivity index (χ0v) is 35.1. The normalized spacial score (nSPS) is 32.6. The highest BCUT2D eigenvalue weighted by Crippen LogP contribution is 2.64. The van der Waals surface area contributed by atoms with Crippen LogP contribution >= 0.6 is 0 Å². The maximum absolute atomic E-state index is 15.4. The number of nitrogens with one attached hydrogen (secondary N) is 1. The first-order valence-corrected chi connectivity index (χ1v) is 20.1. The maximum atomic E-state index is 15.4. The third kappa shape index (κ3) is 7.69. The number of aliphatic hydroxyl groups is 4. The Bertz CT molecular complexity index is 2130. The molecule has 2 aromatic carbocycles. The third-order valence-corrected chi connectivity index (χ3v) is 13.2. The van der Waals surface area contributed by atoms with Crippen LogP contribution in [0.4, 0.5) is 0 Å². The van der Waals surface area contributed by atoms with Gasteiger partial charge in [0.2, 0.25) is 5.91 Å². The van der Waals surface area contributed by atoms with Gasteiger partial charge in [0.05, 0.1) is 42.3 Å². The van der Waals surface area contributed by atoms with E-state index >= 15 is 4.79 Å². The highest BCUT2D eigenvalue weighted by Gasteiger charge is 2.78. The van der Waals surface area contributed by atoms with Gasteiger partial charge in [-0.3, -0.25) is 19.2 Å². The van der Waals surface area contributed by atoms with Crippen LogP contribution in [0, 0.1) is 16.7 Å². The molecule has 0 unspecified atom stereocenters. The zero-order chi connectivity index (χ0) is 44.8. The Hall–Kier alpha value is -5.26. The van der Waals surface area contributed by atoms with Gasteiger partial charge in [-0.15, -0.1) is 0 Å². The molecular weight excluding hydrogens is 794 g/mol. The van der Waals surface area contributed by atoms with E-state index in [9.17, 15) is 44.4 Å². The monoisotopic (exact) mass is 847 g/mol. The molecule has 4 aliphatic rings. The largest absolute Gasteiger partial charge is 0.456 e. The predicted octanol–water partition coefficient (Wildman–Crippen LogP) is 2.36. The van der Waals surface area contributed by atoms with Gasteiger partial charge in [0.25, 0.3) is 0 Å². The van der Waals surface area contributed by atoms with E-state index in [4.69, 9.17) is 23.7 Å². The molecule has 3 fully saturated rings. The SMILES string of the molecule is CC(=O)O[C@H]1C(=O)[C@@]2(C)[C@H]([C@H](OC(=O)c3ccccc3)[C@@]3(O)C[C@H](OC(=O)[C@H](O)[C@@H](NC(=O)/C(C)=C/CO)c4ccccc4)C(C)=C1C3(C)C)[C@]1(OC(C)=O)CO[C@@H]1C[C@@H]2O. The Balaban J connectivity index is 1.55. The van der Waals surface area contributed by atoms with Crippen LogP contribution in [0.2, 0.25) is 0 Å². The third-order valence-electron chi connectivity index (χ3n) is 13.2. The lowest BCUT2D eigenvalue weighted by Crippen LogP contribution is -2.82. The van der Waals surface area contributed by atoms with Gasteiger partial charge in [-0.25, -0.2) is 9.59 Å². The first-order valence-electron chi connectivity index (χ1n) is 20.1. The molecule has 1 aliphatic heterocycles. The molecule has 0 radical (unpaired) electrons. The van der Waals surface area contributed by atoms with E-state index in [1.807, 2.05) is 0 Å². The van der Waals surface area contributed by atoms with Crippen molar-refractivity contribution in [2.24, 2.45) is 16.7 Å². The van der Waals surface area contributed by atoms with Gasteiger partial charge in [0, 0.05) is 37.7 Å². The molecule has 61 heavy (non-hydrogen) atoms. The van der Waals surface area contributed by atoms with E-state index in [1.165, 1.54) is 39.0 Å². The molecule has 328 valence electrons. The van der Waals surface area contributed by atoms with Gasteiger partial charge in [-0.2, -0.15) is 0 Å². The molecule has 16 nitrogen and oxygen atoms in total. The van der Waals surface area contributed by atoms with Crippen LogP contribution in [-0.2, 0) is 47.7 Å². The molecule has 5 N–H and O–H groups in total. The summed E-state index contributed by atoms with van der Waals surface area (Å²) in [6.45, 7) is 8.87. The molecule has 3 aliphatic carbocycles. The Kier molecular flexibility index (Phi) is 12.5. The maximum Gasteiger partial charge on any atom is 0.338 e. The lowest BCUT2D eigenvalue weighted by atomic mass is 9.44. The Labute approximate surface area is 352 Å². The number of hydrogen-bond acceptors (Lipinski definition) is 15. The van der Waals surface area contributed by atoms with Crippen molar-refractivity contribution >= 4 is 35.6 Å². The van der Waals surface area contributed by atoms with Gasteiger partial charge in [0.1, 0.15) is 23.9 Å². The fourth-order valence-electron chi connectivity index (χ4n) is 9.85. The minimum absolute atomic E-state index is 0.0208. The van der Waals surface area contributed by atoms with E-state index in [-0.39, 0.29) is 35.3 Å². The van der Waals surface area contributed by atoms with Crippen molar-refractivity contribution in [3.05, 3.63) is 94.6 Å². The number of carbonyl (C=O) groups excluding carboxylic acids is 6. The number of aliphatic hydroxyl groups excluding tert-OH is 3. The van der Waals surface area contributed by atoms with Crippen LogP contribution in [0.5, 0.6) is 0 Å². The van der Waals surface area contributed by atoms with Gasteiger partial charge >= 0.3 is 23.9 Å². The molecule has 6 rings (SSSR count). The van der Waals surface area contributed by atoms with Gasteiger partial charge in [0.15, 0.2) is 23.6 Å². The van der Waals surface area contributed by atoms with Crippen LogP contribution in [0.1, 0.15) is 83.3 Å². The molecule has 0 aromatic heterocycles. The van der Waals surface area contributed by atoms with Gasteiger partial charge in [-0.05, 0) is 49.6 Å². The predicted molar refractivity (Wildman–Crippen MR) is 213 cm³/mol. The molecule has 1 heterocycles. The molecule has 11 atom stereocenters. The van der Waals surface area contributed by atoms with Crippen molar-refractivity contribution < 1.29 is 72.9 Å². The summed E-state index contributed by atoms with van der Waals surface area (Å²) in [6, 6.07) is 14.5. The molecular formula is C45H53NO15. The molecule has 2 bridgehead atoms. The number of ketones is 1. The number of carbonyl (C=O) groups is 6. The first-order chi connectivity index (χ1) is 28.6. The van der Waals surface area contributed by atoms with Gasteiger partial charge < -0.3 is 49.4 Å². The van der Waals surface area contributed by atoms with Crippen LogP contribution in [-0.4, -0.2) is 117 Å². The van der Waals surface area contributed by atoms with Crippen LogP contribution in [0.3, 0.4) is 0 Å². The molecule has 16 heteroatoms. The van der Waals surface area contributed by atoms with Crippen molar-refractivity contribution in [2.75, 3.05) is 13.2 Å². The average molecular weight is 848 g/mol. The fourth-order valence-corrected chi connectivity index (χ4v) is 9.85. The zero-order valence-electron chi connectivity index (χ0n) is 35.1. The molecule has 1 saturated heterocycles. The average Bonchev–Trinajstić information content (AvgIpc) is 3.21. The summed E-state index contributed by atoms with van der Waals surface area (Å²) in [7, 11) is 0. The number of hydrogen-bond donors (Lipinski definition) is 5. The van der Waals surface area contributed by atoms with Crippen molar-refractivity contribution in [2.45, 2.75) is 115 Å². The van der Waals surface area contributed by atoms with Crippen molar-refractivity contribution in [3.8, 4) is 0 Å². The fraction of sp³-hybridized carbons (Fsp3) is 0.511. The smallest absolute Gasteiger partial charge is 0.338 e. The van der Waals surface area contributed by atoms with E-state index in [0.717, 1.165) is 13.8 Å². The second-order valence-corrected chi connectivity index (χ2v) is 17.1. The summed E-state index contributed by atoms with van der Waals surface area (Å²) in [5.74, 6) is -7.04. The summed E-state index contributed by atoms with van der Waals surface area (Å²) in [5, 5.41) is 49.3. The van der Waals surface area contributed by atoms with Crippen LogP contribution in [0.25, 0.3) is 0 Å². The van der Waals surface area contributed by atoms with Crippen molar-refractivity contribution in [1.29, 1.82) is 0 Å². The lowest BCUT2D eigenvalue weighted by Gasteiger charge is -2.67. The number of ether oxygens (including phenoxy) is 5. The molecule has 0 spiro atoms. The highest BCUT2D eigenvalue weighted by molar-refractivity contribution is 5.96. The Morgan fingerprint density at radius 3 is 2.11 bits per heavy atom. The first kappa shape index (κ1) is 45.3. The molecule has 2 saturated carbocycles. The summed E-state index contributed by atoms with van der Waals surface area (Å²) >= 11 is 0. The van der Waals surface area contributed by atoms with Crippen molar-refractivity contribution in [1.82, 2.24) is 5.32 Å². The standard InChI is InChI=1S/C45H53NO15/c1-23(18-19-47)39(53)46-33(27-14-10-8-11-15-27)34(51)41(55)59-29-21-45(56)38(60-40(54)28-16-12-9-13-17-28)36-43(7,30(50)20-31-44(36,22-57-31)61-26(4)49)37(52)35(58-25(3)48)32(24(29)2)42(45,5)6/h8-18,29-31,33-36,38,47,50-51,56H,19-22H2,1-7H3,(H,46,53)/b23-18+/t29-,30-,31+,33-,34+,35+,36-,38-,43+,44-,45-/m0/s1. The Morgan fingerprint density at radius 1 is 0.934 bits per heavy atom. The van der Waals surface area contributed by atoms with E-state index in [2.05, 4.69) is 5.32 Å². The van der Waals surface area contributed by atoms with Crippen LogP contribution < -0.4 is 5.32 Å². The summed E-state index contributed by atoms with van der Waals surface area (Å²) < 4.78 is 30.1. The summed E-state index contributed by atoms with van der Waals surface area (Å²) in [6.07, 6.45) is -9.40. The van der Waals surface area contributed by atoms with E-state index < -0.39 is 119 Å². The Morgan fingerprint density at radius 2 is 1.56 bits per heavy atom. The number of Topliss-reactive ketones (excluding diaryl/α,β-unsaturated/α-hetero) is 1. The molecule has 1 amide bonds. The molecule has 2 aromatic rings. The number of amides is 1. The number of esters is 4. The second kappa shape index (κ2) is 16.9. The second-order valence-electron chi connectivity index (χ2n) is 17.1. The highest BCUT2D eigenvalue weighted by atomic mass is 16.6. The minimum Gasteiger partial charge on any atom is -0.456 e. The minimum atomic E-state index is -2.41. The van der Waals surface area contributed by atoms with Gasteiger partial charge in [-0.1, -0.05) is 68.5 Å². The van der Waals surface area contributed by atoms with Crippen molar-refractivity contribution in [3.63, 3.8) is 0 Å². The van der Waals surface area contributed by atoms with Crippen LogP contribution in [0.15, 0.2) is 83.5 Å². The summed E-state index contributed by atoms with van der Waals surface area (Å²) in [4.78, 5) is 82.9. The number of benzene rings is 2. The topological polar surface area (TPSA) is 242 Å². The van der Waals surface area contributed by atoms with E-state index in [0.29, 0.717) is 5.56 Å².